The van der Waals surface area contributed by atoms with Crippen molar-refractivity contribution in [1.82, 2.24) is 0 Å². The van der Waals surface area contributed by atoms with Crippen molar-refractivity contribution >= 4 is 22.0 Å². The number of hydrogen-bond donors (Lipinski definition) is 1. The fourth-order valence-electron chi connectivity index (χ4n) is 1.28. The third-order valence-electron chi connectivity index (χ3n) is 1.91. The lowest BCUT2D eigenvalue weighted by molar-refractivity contribution is 0.877. The Kier molecular flexibility index (Phi) is 2.98. The van der Waals surface area contributed by atoms with Crippen molar-refractivity contribution in [2.24, 2.45) is 0 Å². The van der Waals surface area contributed by atoms with Gasteiger partial charge in [0, 0.05) is 18.0 Å². The summed E-state index contributed by atoms with van der Waals surface area (Å²) in [4.78, 5) is 3.57. The second kappa shape index (κ2) is 3.81. The molecule has 1 rings (SSSR count). The van der Waals surface area contributed by atoms with Crippen LogP contribution in [0.2, 0.25) is 0 Å². The highest BCUT2D eigenvalue weighted by Crippen LogP contribution is 2.32. The van der Waals surface area contributed by atoms with E-state index >= 15 is 0 Å². The summed E-state index contributed by atoms with van der Waals surface area (Å²) < 4.78 is 0. The summed E-state index contributed by atoms with van der Waals surface area (Å²) in [5.41, 5.74) is 6.78. The molecule has 0 fully saturated rings. The molecule has 0 saturated heterocycles. The van der Waals surface area contributed by atoms with Crippen LogP contribution >= 0.6 is 11.3 Å². The Morgan fingerprint density at radius 2 is 2.00 bits per heavy atom. The molecule has 1 aromatic rings. The van der Waals surface area contributed by atoms with E-state index in [2.05, 4.69) is 25.7 Å². The molecule has 0 aliphatic carbocycles. The van der Waals surface area contributed by atoms with Gasteiger partial charge in [-0.05, 0) is 26.8 Å². The molecule has 2 N–H and O–H groups in total. The molecule has 3 heteroatoms. The van der Waals surface area contributed by atoms with E-state index in [-0.39, 0.29) is 0 Å². The molecule has 0 atom stereocenters. The van der Waals surface area contributed by atoms with Gasteiger partial charge in [-0.1, -0.05) is 0 Å². The molecular formula is C9H16N2S. The Labute approximate surface area is 78.0 Å². The average molecular weight is 184 g/mol. The van der Waals surface area contributed by atoms with Crippen LogP contribution in [-0.2, 0) is 0 Å². The lowest BCUT2D eigenvalue weighted by Crippen LogP contribution is -2.21. The normalized spacial score (nSPS) is 10.2. The SMILES string of the molecule is CCN(CC)c1sc(C)cc1N. The molecule has 68 valence electrons. The summed E-state index contributed by atoms with van der Waals surface area (Å²) in [6.07, 6.45) is 0. The molecule has 0 aromatic carbocycles. The summed E-state index contributed by atoms with van der Waals surface area (Å²) in [7, 11) is 0. The highest BCUT2D eigenvalue weighted by Gasteiger charge is 2.08. The van der Waals surface area contributed by atoms with Crippen LogP contribution < -0.4 is 10.6 Å². The molecule has 0 bridgehead atoms. The zero-order valence-electron chi connectivity index (χ0n) is 7.92. The minimum Gasteiger partial charge on any atom is -0.396 e. The molecule has 2 nitrogen and oxygen atoms in total. The van der Waals surface area contributed by atoms with E-state index < -0.39 is 0 Å². The topological polar surface area (TPSA) is 29.3 Å². The second-order valence-corrected chi connectivity index (χ2v) is 4.02. The lowest BCUT2D eigenvalue weighted by Gasteiger charge is -2.19. The molecular weight excluding hydrogens is 168 g/mol. The first kappa shape index (κ1) is 9.39. The molecule has 0 amide bonds. The number of nitrogens with zero attached hydrogens (tertiary/aromatic N) is 1. The van der Waals surface area contributed by atoms with Crippen LogP contribution in [0.1, 0.15) is 18.7 Å². The molecule has 0 aliphatic rings. The van der Waals surface area contributed by atoms with E-state index in [9.17, 15) is 0 Å². The van der Waals surface area contributed by atoms with Gasteiger partial charge in [-0.25, -0.2) is 0 Å². The van der Waals surface area contributed by atoms with Crippen molar-refractivity contribution in [3.05, 3.63) is 10.9 Å². The lowest BCUT2D eigenvalue weighted by atomic mass is 10.4. The number of thiophene rings is 1. The van der Waals surface area contributed by atoms with E-state index in [0.29, 0.717) is 0 Å². The van der Waals surface area contributed by atoms with Crippen LogP contribution in [0.4, 0.5) is 10.7 Å². The summed E-state index contributed by atoms with van der Waals surface area (Å²) >= 11 is 1.77. The van der Waals surface area contributed by atoms with Crippen molar-refractivity contribution in [3.63, 3.8) is 0 Å². The molecule has 1 heterocycles. The van der Waals surface area contributed by atoms with Crippen LogP contribution in [-0.4, -0.2) is 13.1 Å². The highest BCUT2D eigenvalue weighted by molar-refractivity contribution is 7.16. The second-order valence-electron chi connectivity index (χ2n) is 2.79. The van der Waals surface area contributed by atoms with Gasteiger partial charge in [0.25, 0.3) is 0 Å². The summed E-state index contributed by atoms with van der Waals surface area (Å²) in [5, 5.41) is 1.22. The van der Waals surface area contributed by atoms with Gasteiger partial charge >= 0.3 is 0 Å². The zero-order chi connectivity index (χ0) is 9.14. The van der Waals surface area contributed by atoms with Gasteiger partial charge in [0.15, 0.2) is 0 Å². The number of hydrogen-bond acceptors (Lipinski definition) is 3. The smallest absolute Gasteiger partial charge is 0.115 e. The van der Waals surface area contributed by atoms with Crippen LogP contribution in [0.25, 0.3) is 0 Å². The van der Waals surface area contributed by atoms with Crippen LogP contribution in [0.5, 0.6) is 0 Å². The van der Waals surface area contributed by atoms with Crippen molar-refractivity contribution in [2.45, 2.75) is 20.8 Å². The molecule has 0 unspecified atom stereocenters. The Bertz CT molecular complexity index is 251. The Morgan fingerprint density at radius 3 is 2.33 bits per heavy atom. The molecule has 0 radical (unpaired) electrons. The highest BCUT2D eigenvalue weighted by atomic mass is 32.1. The standard InChI is InChI=1S/C9H16N2S/c1-4-11(5-2)9-8(10)6-7(3)12-9/h6H,4-5,10H2,1-3H3. The van der Waals surface area contributed by atoms with E-state index in [1.807, 2.05) is 6.07 Å². The van der Waals surface area contributed by atoms with E-state index in [4.69, 9.17) is 5.73 Å². The molecule has 0 aliphatic heterocycles. The van der Waals surface area contributed by atoms with E-state index in [0.717, 1.165) is 18.8 Å². The van der Waals surface area contributed by atoms with Gasteiger partial charge in [-0.2, -0.15) is 0 Å². The van der Waals surface area contributed by atoms with Gasteiger partial charge in [-0.3, -0.25) is 0 Å². The summed E-state index contributed by atoms with van der Waals surface area (Å²) in [6.45, 7) is 8.45. The molecule has 1 aromatic heterocycles. The predicted octanol–water partition coefficient (Wildman–Crippen LogP) is 2.48. The first-order valence-corrected chi connectivity index (χ1v) is 5.11. The predicted molar refractivity (Wildman–Crippen MR) is 57.0 cm³/mol. The summed E-state index contributed by atoms with van der Waals surface area (Å²) in [5.74, 6) is 0. The van der Waals surface area contributed by atoms with Crippen molar-refractivity contribution < 1.29 is 0 Å². The molecule has 12 heavy (non-hydrogen) atoms. The van der Waals surface area contributed by atoms with Crippen LogP contribution in [0.3, 0.4) is 0 Å². The number of rotatable bonds is 3. The van der Waals surface area contributed by atoms with Gasteiger partial charge in [0.2, 0.25) is 0 Å². The summed E-state index contributed by atoms with van der Waals surface area (Å²) in [6, 6.07) is 2.04. The fourth-order valence-corrected chi connectivity index (χ4v) is 2.33. The number of nitrogens with two attached hydrogens (primary N) is 1. The minimum atomic E-state index is 0.918. The van der Waals surface area contributed by atoms with E-state index in [1.165, 1.54) is 9.88 Å². The third kappa shape index (κ3) is 1.72. The fraction of sp³-hybridized carbons (Fsp3) is 0.556. The van der Waals surface area contributed by atoms with Crippen molar-refractivity contribution in [1.29, 1.82) is 0 Å². The number of nitrogen functional groups attached to an aromatic ring is 1. The maximum absolute atomic E-state index is 5.86. The Hall–Kier alpha value is -0.700. The van der Waals surface area contributed by atoms with E-state index in [1.54, 1.807) is 11.3 Å². The molecule has 0 saturated carbocycles. The largest absolute Gasteiger partial charge is 0.396 e. The maximum Gasteiger partial charge on any atom is 0.115 e. The monoisotopic (exact) mass is 184 g/mol. The quantitative estimate of drug-likeness (QED) is 0.782. The molecule has 0 spiro atoms. The van der Waals surface area contributed by atoms with Gasteiger partial charge in [0.05, 0.1) is 5.69 Å². The van der Waals surface area contributed by atoms with Crippen molar-refractivity contribution in [2.75, 3.05) is 23.7 Å². The number of anilines is 2. The van der Waals surface area contributed by atoms with Gasteiger partial charge < -0.3 is 10.6 Å². The van der Waals surface area contributed by atoms with Crippen LogP contribution in [0, 0.1) is 6.92 Å². The third-order valence-corrected chi connectivity index (χ3v) is 3.04. The zero-order valence-corrected chi connectivity index (χ0v) is 8.74. The average Bonchev–Trinajstić information content (AvgIpc) is 2.34. The maximum atomic E-state index is 5.86. The van der Waals surface area contributed by atoms with Gasteiger partial charge in [-0.15, -0.1) is 11.3 Å². The minimum absolute atomic E-state index is 0.918. The Morgan fingerprint density at radius 1 is 1.42 bits per heavy atom. The van der Waals surface area contributed by atoms with Gasteiger partial charge in [0.1, 0.15) is 5.00 Å². The Balaban J connectivity index is 2.91. The number of aryl methyl sites for hydroxylation is 1. The first-order chi connectivity index (χ1) is 5.69. The van der Waals surface area contributed by atoms with Crippen LogP contribution in [0.15, 0.2) is 6.07 Å². The van der Waals surface area contributed by atoms with Crippen molar-refractivity contribution in [3.8, 4) is 0 Å². The first-order valence-electron chi connectivity index (χ1n) is 4.29.